The van der Waals surface area contributed by atoms with Crippen molar-refractivity contribution in [2.45, 2.75) is 24.9 Å². The Morgan fingerprint density at radius 2 is 2.14 bits per heavy atom. The molecule has 0 saturated heterocycles. The Kier molecular flexibility index (Phi) is 4.81. The van der Waals surface area contributed by atoms with Crippen molar-refractivity contribution < 1.29 is 0 Å². The fraction of sp³-hybridized carbons (Fsp3) is 0.267. The molecular weight excluding hydrogens is 338 g/mol. The quantitative estimate of drug-likeness (QED) is 0.701. The number of rotatable bonds is 5. The van der Waals surface area contributed by atoms with Gasteiger partial charge >= 0.3 is 0 Å². The molecule has 0 fully saturated rings. The van der Waals surface area contributed by atoms with Gasteiger partial charge in [-0.1, -0.05) is 48.1 Å². The van der Waals surface area contributed by atoms with Crippen molar-refractivity contribution in [3.63, 3.8) is 0 Å². The zero-order valence-electron chi connectivity index (χ0n) is 12.0. The number of benzene rings is 1. The highest BCUT2D eigenvalue weighted by Crippen LogP contribution is 2.23. The first-order chi connectivity index (χ1) is 10.7. The number of halogens is 1. The van der Waals surface area contributed by atoms with E-state index in [-0.39, 0.29) is 5.56 Å². The molecule has 0 spiro atoms. The summed E-state index contributed by atoms with van der Waals surface area (Å²) in [7, 11) is 0. The van der Waals surface area contributed by atoms with Crippen LogP contribution in [-0.2, 0) is 17.9 Å². The summed E-state index contributed by atoms with van der Waals surface area (Å²) in [6.07, 6.45) is 0.810. The van der Waals surface area contributed by atoms with Crippen molar-refractivity contribution in [3.05, 3.63) is 62.0 Å². The molecule has 22 heavy (non-hydrogen) atoms. The van der Waals surface area contributed by atoms with Gasteiger partial charge in [-0.05, 0) is 18.1 Å². The summed E-state index contributed by atoms with van der Waals surface area (Å²) in [5.74, 6) is 1.47. The van der Waals surface area contributed by atoms with E-state index in [1.165, 1.54) is 15.9 Å². The topological polar surface area (TPSA) is 47.3 Å². The highest BCUT2D eigenvalue weighted by molar-refractivity contribution is 7.97. The number of aryl methyl sites for hydroxylation is 1. The molecular formula is C15H14ClN3OS2. The first kappa shape index (κ1) is 15.5. The van der Waals surface area contributed by atoms with Gasteiger partial charge in [-0.15, -0.1) is 0 Å². The number of hydrogen-bond acceptors (Lipinski definition) is 5. The van der Waals surface area contributed by atoms with Gasteiger partial charge in [0.1, 0.15) is 5.01 Å². The van der Waals surface area contributed by atoms with E-state index < -0.39 is 0 Å². The standard InChI is InChI=1S/C15H14ClN3OS2/c1-2-13-18-19-14(20)7-11(17-15(19)22-13)9-21-8-10-5-3-4-6-12(10)16/h3-7H,2,8-9H2,1H3. The Labute approximate surface area is 141 Å². The van der Waals surface area contributed by atoms with Gasteiger partial charge in [0, 0.05) is 22.6 Å². The molecule has 3 rings (SSSR count). The van der Waals surface area contributed by atoms with Crippen molar-refractivity contribution >= 4 is 39.7 Å². The third-order valence-corrected chi connectivity index (χ3v) is 5.54. The van der Waals surface area contributed by atoms with E-state index in [0.29, 0.717) is 10.7 Å². The van der Waals surface area contributed by atoms with Crippen molar-refractivity contribution in [2.75, 3.05) is 0 Å². The van der Waals surface area contributed by atoms with E-state index in [0.717, 1.165) is 33.5 Å². The summed E-state index contributed by atoms with van der Waals surface area (Å²) in [4.78, 5) is 17.2. The highest BCUT2D eigenvalue weighted by atomic mass is 35.5. The summed E-state index contributed by atoms with van der Waals surface area (Å²) in [6.45, 7) is 2.02. The number of fused-ring (bicyclic) bond motifs is 1. The van der Waals surface area contributed by atoms with Gasteiger partial charge in [0.25, 0.3) is 5.56 Å². The largest absolute Gasteiger partial charge is 0.275 e. The SMILES string of the molecule is CCc1nn2c(=O)cc(CSCc3ccccc3Cl)nc2s1. The lowest BCUT2D eigenvalue weighted by Crippen LogP contribution is -2.15. The first-order valence-corrected chi connectivity index (χ1v) is 9.22. The minimum atomic E-state index is -0.116. The minimum absolute atomic E-state index is 0.116. The predicted molar refractivity (Wildman–Crippen MR) is 93.0 cm³/mol. The second kappa shape index (κ2) is 6.81. The normalized spacial score (nSPS) is 11.2. The van der Waals surface area contributed by atoms with E-state index in [4.69, 9.17) is 11.6 Å². The van der Waals surface area contributed by atoms with Crippen LogP contribution in [0, 0.1) is 0 Å². The molecule has 0 aliphatic heterocycles. The summed E-state index contributed by atoms with van der Waals surface area (Å²) < 4.78 is 1.38. The Morgan fingerprint density at radius 1 is 1.32 bits per heavy atom. The van der Waals surface area contributed by atoms with Crippen molar-refractivity contribution in [2.24, 2.45) is 0 Å². The maximum absolute atomic E-state index is 12.1. The summed E-state index contributed by atoms with van der Waals surface area (Å²) in [6, 6.07) is 9.35. The van der Waals surface area contributed by atoms with Gasteiger partial charge < -0.3 is 0 Å². The number of hydrogen-bond donors (Lipinski definition) is 0. The molecule has 0 radical (unpaired) electrons. The van der Waals surface area contributed by atoms with Crippen LogP contribution in [-0.4, -0.2) is 14.6 Å². The summed E-state index contributed by atoms with van der Waals surface area (Å²) >= 11 is 9.30. The lowest BCUT2D eigenvalue weighted by Gasteiger charge is -2.03. The second-order valence-electron chi connectivity index (χ2n) is 4.71. The Hall–Kier alpha value is -1.37. The summed E-state index contributed by atoms with van der Waals surface area (Å²) in [5, 5.41) is 5.94. The van der Waals surface area contributed by atoms with Gasteiger partial charge in [-0.2, -0.15) is 21.4 Å². The highest BCUT2D eigenvalue weighted by Gasteiger charge is 2.08. The number of nitrogens with zero attached hydrogens (tertiary/aromatic N) is 3. The molecule has 0 unspecified atom stereocenters. The molecule has 114 valence electrons. The molecule has 0 saturated carbocycles. The van der Waals surface area contributed by atoms with E-state index in [1.54, 1.807) is 17.8 Å². The van der Waals surface area contributed by atoms with Gasteiger partial charge in [0.15, 0.2) is 0 Å². The van der Waals surface area contributed by atoms with Crippen LogP contribution in [0.3, 0.4) is 0 Å². The average Bonchev–Trinajstić information content (AvgIpc) is 2.93. The van der Waals surface area contributed by atoms with E-state index in [9.17, 15) is 4.79 Å². The molecule has 0 N–H and O–H groups in total. The molecule has 0 aliphatic rings. The molecule has 7 heteroatoms. The number of aromatic nitrogens is 3. The van der Waals surface area contributed by atoms with Crippen LogP contribution < -0.4 is 5.56 Å². The maximum Gasteiger partial charge on any atom is 0.275 e. The molecule has 2 aromatic heterocycles. The molecule has 0 atom stereocenters. The minimum Gasteiger partial charge on any atom is -0.267 e. The van der Waals surface area contributed by atoms with E-state index >= 15 is 0 Å². The Bertz CT molecular complexity index is 859. The van der Waals surface area contributed by atoms with Gasteiger partial charge in [0.05, 0.1) is 5.69 Å². The third kappa shape index (κ3) is 3.34. The van der Waals surface area contributed by atoms with Crippen LogP contribution in [0.4, 0.5) is 0 Å². The van der Waals surface area contributed by atoms with E-state index in [1.807, 2.05) is 31.2 Å². The van der Waals surface area contributed by atoms with Gasteiger partial charge in [-0.25, -0.2) is 4.98 Å². The predicted octanol–water partition coefficient (Wildman–Crippen LogP) is 3.80. The molecule has 1 aromatic carbocycles. The lowest BCUT2D eigenvalue weighted by atomic mass is 10.2. The van der Waals surface area contributed by atoms with Crippen molar-refractivity contribution in [1.82, 2.24) is 14.6 Å². The fourth-order valence-corrected chi connectivity index (χ4v) is 4.06. The van der Waals surface area contributed by atoms with Crippen LogP contribution in [0.25, 0.3) is 4.96 Å². The van der Waals surface area contributed by atoms with Crippen LogP contribution >= 0.6 is 34.7 Å². The van der Waals surface area contributed by atoms with Crippen molar-refractivity contribution in [3.8, 4) is 0 Å². The average molecular weight is 352 g/mol. The number of thioether (sulfide) groups is 1. The first-order valence-electron chi connectivity index (χ1n) is 6.87. The zero-order valence-corrected chi connectivity index (χ0v) is 14.3. The van der Waals surface area contributed by atoms with E-state index in [2.05, 4.69) is 10.1 Å². The zero-order chi connectivity index (χ0) is 15.5. The van der Waals surface area contributed by atoms with Crippen LogP contribution in [0.1, 0.15) is 23.2 Å². The molecule has 2 heterocycles. The molecule has 3 aromatic rings. The van der Waals surface area contributed by atoms with Gasteiger partial charge in [-0.3, -0.25) is 4.79 Å². The lowest BCUT2D eigenvalue weighted by molar-refractivity contribution is 0.852. The molecule has 0 aliphatic carbocycles. The van der Waals surface area contributed by atoms with Crippen LogP contribution in [0.5, 0.6) is 0 Å². The molecule has 0 amide bonds. The van der Waals surface area contributed by atoms with Gasteiger partial charge in [0.2, 0.25) is 4.96 Å². The Morgan fingerprint density at radius 3 is 2.91 bits per heavy atom. The fourth-order valence-electron chi connectivity index (χ4n) is 1.99. The molecule has 0 bridgehead atoms. The molecule has 4 nitrogen and oxygen atoms in total. The second-order valence-corrected chi connectivity index (χ2v) is 7.15. The monoisotopic (exact) mass is 351 g/mol. The van der Waals surface area contributed by atoms with Crippen molar-refractivity contribution in [1.29, 1.82) is 0 Å². The summed E-state index contributed by atoms with van der Waals surface area (Å²) in [5.41, 5.74) is 1.76. The third-order valence-electron chi connectivity index (χ3n) is 3.11. The van der Waals surface area contributed by atoms with Crippen LogP contribution in [0.15, 0.2) is 35.1 Å². The van der Waals surface area contributed by atoms with Crippen LogP contribution in [0.2, 0.25) is 5.02 Å². The maximum atomic E-state index is 12.1. The smallest absolute Gasteiger partial charge is 0.267 e. The Balaban J connectivity index is 1.74.